The molecule has 0 saturated heterocycles. The molecule has 0 fully saturated rings. The highest BCUT2D eigenvalue weighted by Crippen LogP contribution is 2.33. The van der Waals surface area contributed by atoms with Gasteiger partial charge in [0, 0.05) is 29.4 Å². The minimum absolute atomic E-state index is 0.180. The van der Waals surface area contributed by atoms with Crippen LogP contribution in [0.25, 0.3) is 22.6 Å². The highest BCUT2D eigenvalue weighted by atomic mass is 32.1. The van der Waals surface area contributed by atoms with Gasteiger partial charge in [-0.1, -0.05) is 48.5 Å². The average molecular weight is 453 g/mol. The summed E-state index contributed by atoms with van der Waals surface area (Å²) in [5, 5.41) is 5.93. The lowest BCUT2D eigenvalue weighted by molar-refractivity contribution is -0.137. The quantitative estimate of drug-likeness (QED) is 0.322. The van der Waals surface area contributed by atoms with Crippen molar-refractivity contribution in [2.24, 2.45) is 0 Å². The Morgan fingerprint density at radius 2 is 1.53 bits per heavy atom. The number of anilines is 2. The fourth-order valence-corrected chi connectivity index (χ4v) is 3.42. The zero-order chi connectivity index (χ0) is 22.7. The van der Waals surface area contributed by atoms with Crippen molar-refractivity contribution < 1.29 is 17.6 Å². The number of nitrogens with zero attached hydrogens (tertiary/aromatic N) is 1. The molecule has 32 heavy (non-hydrogen) atoms. The minimum Gasteiger partial charge on any atom is -0.440 e. The number of halogens is 3. The maximum atomic E-state index is 12.9. The average Bonchev–Trinajstić information content (AvgIpc) is 3.16. The fraction of sp³-hybridized carbons (Fsp3) is 0.0833. The Kier molecular flexibility index (Phi) is 5.96. The monoisotopic (exact) mass is 453 g/mol. The first-order chi connectivity index (χ1) is 15.3. The van der Waals surface area contributed by atoms with Crippen molar-refractivity contribution >= 4 is 28.7 Å². The van der Waals surface area contributed by atoms with Gasteiger partial charge in [0.25, 0.3) is 0 Å². The standard InChI is InChI=1S/C24H18F3N3OS/c1-15-28-21(22(31-15)17-6-3-2-4-7-17)16-10-12-19(13-11-16)29-23(32)30-20-9-5-8-18(14-20)24(25,26)27/h2-14H,1H3,(H2,29,30,32). The first kappa shape index (κ1) is 21.6. The molecule has 0 aliphatic heterocycles. The van der Waals surface area contributed by atoms with Gasteiger partial charge in [0.2, 0.25) is 0 Å². The second-order valence-corrected chi connectivity index (χ2v) is 7.42. The number of alkyl halides is 3. The summed E-state index contributed by atoms with van der Waals surface area (Å²) in [6.07, 6.45) is -4.42. The van der Waals surface area contributed by atoms with Gasteiger partial charge >= 0.3 is 6.18 Å². The highest BCUT2D eigenvalue weighted by Gasteiger charge is 2.30. The smallest absolute Gasteiger partial charge is 0.416 e. The summed E-state index contributed by atoms with van der Waals surface area (Å²) in [6.45, 7) is 1.80. The van der Waals surface area contributed by atoms with Gasteiger partial charge in [-0.05, 0) is 42.5 Å². The molecule has 1 heterocycles. The van der Waals surface area contributed by atoms with Crippen LogP contribution < -0.4 is 10.6 Å². The molecule has 0 aliphatic carbocycles. The number of rotatable bonds is 4. The number of thiocarbonyl (C=S) groups is 1. The third-order valence-electron chi connectivity index (χ3n) is 4.63. The summed E-state index contributed by atoms with van der Waals surface area (Å²) in [5.41, 5.74) is 2.70. The molecule has 0 unspecified atom stereocenters. The lowest BCUT2D eigenvalue weighted by Crippen LogP contribution is -2.19. The summed E-state index contributed by atoms with van der Waals surface area (Å²) in [4.78, 5) is 4.51. The summed E-state index contributed by atoms with van der Waals surface area (Å²) < 4.78 is 44.5. The normalized spacial score (nSPS) is 11.2. The third kappa shape index (κ3) is 4.97. The molecule has 4 rings (SSSR count). The van der Waals surface area contributed by atoms with Crippen LogP contribution >= 0.6 is 12.2 Å². The predicted molar refractivity (Wildman–Crippen MR) is 123 cm³/mol. The molecule has 162 valence electrons. The van der Waals surface area contributed by atoms with E-state index in [9.17, 15) is 13.2 Å². The molecule has 3 aromatic carbocycles. The molecular weight excluding hydrogens is 435 g/mol. The van der Waals surface area contributed by atoms with Crippen molar-refractivity contribution in [2.45, 2.75) is 13.1 Å². The van der Waals surface area contributed by atoms with Gasteiger partial charge in [-0.2, -0.15) is 13.2 Å². The summed E-state index contributed by atoms with van der Waals surface area (Å²) in [7, 11) is 0. The molecule has 8 heteroatoms. The van der Waals surface area contributed by atoms with Crippen molar-refractivity contribution in [3.63, 3.8) is 0 Å². The third-order valence-corrected chi connectivity index (χ3v) is 4.84. The van der Waals surface area contributed by atoms with E-state index in [0.717, 1.165) is 29.0 Å². The van der Waals surface area contributed by atoms with Crippen molar-refractivity contribution in [3.8, 4) is 22.6 Å². The van der Waals surface area contributed by atoms with E-state index in [-0.39, 0.29) is 10.8 Å². The molecule has 0 atom stereocenters. The van der Waals surface area contributed by atoms with Crippen LogP contribution in [-0.2, 0) is 6.18 Å². The maximum Gasteiger partial charge on any atom is 0.416 e. The molecular formula is C24H18F3N3OS. The van der Waals surface area contributed by atoms with Gasteiger partial charge in [-0.3, -0.25) is 0 Å². The highest BCUT2D eigenvalue weighted by molar-refractivity contribution is 7.80. The van der Waals surface area contributed by atoms with Gasteiger partial charge in [0.05, 0.1) is 5.56 Å². The van der Waals surface area contributed by atoms with E-state index in [1.54, 1.807) is 6.92 Å². The summed E-state index contributed by atoms with van der Waals surface area (Å²) >= 11 is 5.24. The van der Waals surface area contributed by atoms with E-state index in [1.807, 2.05) is 54.6 Å². The van der Waals surface area contributed by atoms with E-state index < -0.39 is 11.7 Å². The van der Waals surface area contributed by atoms with Crippen LogP contribution in [0.5, 0.6) is 0 Å². The topological polar surface area (TPSA) is 50.1 Å². The Balaban J connectivity index is 1.48. The van der Waals surface area contributed by atoms with Crippen molar-refractivity contribution in [1.82, 2.24) is 4.98 Å². The van der Waals surface area contributed by atoms with Crippen LogP contribution in [0.1, 0.15) is 11.5 Å². The summed E-state index contributed by atoms with van der Waals surface area (Å²) in [6, 6.07) is 21.9. The molecule has 0 amide bonds. The Morgan fingerprint density at radius 1 is 0.844 bits per heavy atom. The van der Waals surface area contributed by atoms with Gasteiger partial charge in [-0.25, -0.2) is 4.98 Å². The van der Waals surface area contributed by atoms with Crippen LogP contribution in [0.3, 0.4) is 0 Å². The molecule has 4 nitrogen and oxygen atoms in total. The molecule has 2 N–H and O–H groups in total. The van der Waals surface area contributed by atoms with E-state index >= 15 is 0 Å². The van der Waals surface area contributed by atoms with Crippen molar-refractivity contribution in [1.29, 1.82) is 0 Å². The summed E-state index contributed by atoms with van der Waals surface area (Å²) in [5.74, 6) is 1.25. The van der Waals surface area contributed by atoms with Gasteiger partial charge < -0.3 is 15.1 Å². The SMILES string of the molecule is Cc1nc(-c2ccc(NC(=S)Nc3cccc(C(F)(F)F)c3)cc2)c(-c2ccccc2)o1. The van der Waals surface area contributed by atoms with Crippen LogP contribution in [-0.4, -0.2) is 10.1 Å². The number of nitrogens with one attached hydrogen (secondary N) is 2. The fourth-order valence-electron chi connectivity index (χ4n) is 3.19. The first-order valence-electron chi connectivity index (χ1n) is 9.68. The Bertz CT molecular complexity index is 1240. The molecule has 4 aromatic rings. The van der Waals surface area contributed by atoms with E-state index in [1.165, 1.54) is 12.1 Å². The van der Waals surface area contributed by atoms with Gasteiger partial charge in [-0.15, -0.1) is 0 Å². The molecule has 0 aliphatic rings. The molecule has 0 bridgehead atoms. The van der Waals surface area contributed by atoms with Crippen molar-refractivity contribution in [2.75, 3.05) is 10.6 Å². The lowest BCUT2D eigenvalue weighted by atomic mass is 10.1. The predicted octanol–water partition coefficient (Wildman–Crippen LogP) is 7.14. The second kappa shape index (κ2) is 8.84. The van der Waals surface area contributed by atoms with Crippen LogP contribution in [0.4, 0.5) is 24.5 Å². The zero-order valence-electron chi connectivity index (χ0n) is 16.9. The molecule has 1 aromatic heterocycles. The Labute approximate surface area is 188 Å². The van der Waals surface area contributed by atoms with Crippen LogP contribution in [0, 0.1) is 6.92 Å². The molecule has 0 radical (unpaired) electrons. The second-order valence-electron chi connectivity index (χ2n) is 7.01. The lowest BCUT2D eigenvalue weighted by Gasteiger charge is -2.13. The van der Waals surface area contributed by atoms with Crippen molar-refractivity contribution in [3.05, 3.63) is 90.3 Å². The zero-order valence-corrected chi connectivity index (χ0v) is 17.7. The van der Waals surface area contributed by atoms with E-state index in [2.05, 4.69) is 15.6 Å². The number of hydrogen-bond donors (Lipinski definition) is 2. The van der Waals surface area contributed by atoms with E-state index in [4.69, 9.17) is 16.6 Å². The number of benzene rings is 3. The number of hydrogen-bond acceptors (Lipinski definition) is 3. The first-order valence-corrected chi connectivity index (χ1v) is 10.1. The van der Waals surface area contributed by atoms with Gasteiger partial charge in [0.15, 0.2) is 16.8 Å². The molecule has 0 saturated carbocycles. The number of oxazole rings is 1. The Morgan fingerprint density at radius 3 is 2.22 bits per heavy atom. The van der Waals surface area contributed by atoms with Gasteiger partial charge in [0.1, 0.15) is 5.69 Å². The van der Waals surface area contributed by atoms with Crippen LogP contribution in [0.15, 0.2) is 83.3 Å². The Hall–Kier alpha value is -3.65. The number of aromatic nitrogens is 1. The minimum atomic E-state index is -4.42. The van der Waals surface area contributed by atoms with Crippen LogP contribution in [0.2, 0.25) is 0 Å². The molecule has 0 spiro atoms. The van der Waals surface area contributed by atoms with E-state index in [0.29, 0.717) is 17.3 Å². The number of aryl methyl sites for hydroxylation is 1. The largest absolute Gasteiger partial charge is 0.440 e. The maximum absolute atomic E-state index is 12.9.